The Bertz CT molecular complexity index is 1560. The minimum atomic E-state index is -1.49. The van der Waals surface area contributed by atoms with Crippen LogP contribution in [0.25, 0.3) is 24.3 Å². The smallest absolute Gasteiger partial charge is 0.273 e. The SMILES string of the molecule is O=C1N(C/C=C/c2ccccc2)C(=O)C(C/C=C/c2ccccc2)(C/C=C/c2ccccc2)C(=O)N1C/C=C/c1ccccc1. The molecule has 5 nitrogen and oxygen atoms in total. The Morgan fingerprint density at radius 1 is 0.422 bits per heavy atom. The van der Waals surface area contributed by atoms with Crippen LogP contribution >= 0.6 is 0 Å². The highest BCUT2D eigenvalue weighted by atomic mass is 16.2. The maximum Gasteiger partial charge on any atom is 0.334 e. The van der Waals surface area contributed by atoms with Crippen LogP contribution in [0.4, 0.5) is 4.79 Å². The monoisotopic (exact) mass is 592 g/mol. The molecule has 1 fully saturated rings. The van der Waals surface area contributed by atoms with Crippen LogP contribution in [0.15, 0.2) is 146 Å². The first kappa shape index (κ1) is 30.9. The van der Waals surface area contributed by atoms with Crippen LogP contribution in [0.2, 0.25) is 0 Å². The van der Waals surface area contributed by atoms with E-state index >= 15 is 0 Å². The third-order valence-corrected chi connectivity index (χ3v) is 7.72. The number of hydrogen-bond acceptors (Lipinski definition) is 3. The lowest BCUT2D eigenvalue weighted by Crippen LogP contribution is -2.65. The summed E-state index contributed by atoms with van der Waals surface area (Å²) in [5, 5.41) is 0. The van der Waals surface area contributed by atoms with E-state index in [1.54, 1.807) is 12.2 Å². The van der Waals surface area contributed by atoms with Gasteiger partial charge < -0.3 is 0 Å². The maximum atomic E-state index is 14.4. The lowest BCUT2D eigenvalue weighted by molar-refractivity contribution is -0.157. The Hall–Kier alpha value is -5.55. The molecule has 0 N–H and O–H groups in total. The molecule has 4 aromatic rings. The summed E-state index contributed by atoms with van der Waals surface area (Å²) in [6.45, 7) is 0.0938. The van der Waals surface area contributed by atoms with Crippen molar-refractivity contribution in [3.63, 3.8) is 0 Å². The average Bonchev–Trinajstić information content (AvgIpc) is 3.08. The Balaban J connectivity index is 1.50. The highest BCUT2D eigenvalue weighted by Crippen LogP contribution is 2.38. The van der Waals surface area contributed by atoms with Crippen molar-refractivity contribution in [2.75, 3.05) is 13.1 Å². The molecule has 1 aliphatic rings. The van der Waals surface area contributed by atoms with Gasteiger partial charge in [-0.15, -0.1) is 0 Å². The van der Waals surface area contributed by atoms with E-state index in [1.807, 2.05) is 158 Å². The molecule has 1 heterocycles. The number of carbonyl (C=O) groups is 3. The van der Waals surface area contributed by atoms with E-state index in [4.69, 9.17) is 0 Å². The van der Waals surface area contributed by atoms with Gasteiger partial charge >= 0.3 is 6.03 Å². The molecule has 4 aromatic carbocycles. The standard InChI is InChI=1S/C40H36N2O3/c43-37-40(29-13-25-33-17-5-1-6-18-33,30-14-26-34-19-7-2-8-20-34)38(44)42(32-16-28-36-23-11-4-12-24-36)39(45)41(37)31-15-27-35-21-9-3-10-22-35/h1-28H,29-32H2/b25-13+,26-14+,27-15+,28-16+. The third kappa shape index (κ3) is 7.89. The van der Waals surface area contributed by atoms with E-state index in [2.05, 4.69) is 0 Å². The van der Waals surface area contributed by atoms with Gasteiger partial charge in [0, 0.05) is 13.1 Å². The number of barbiturate groups is 1. The predicted octanol–water partition coefficient (Wildman–Crippen LogP) is 8.40. The number of rotatable bonds is 12. The number of imide groups is 2. The van der Waals surface area contributed by atoms with Gasteiger partial charge in [0.2, 0.25) is 11.8 Å². The number of carbonyl (C=O) groups excluding carboxylic acids is 3. The van der Waals surface area contributed by atoms with Crippen molar-refractivity contribution >= 4 is 42.1 Å². The Morgan fingerprint density at radius 3 is 1.02 bits per heavy atom. The van der Waals surface area contributed by atoms with E-state index < -0.39 is 23.3 Å². The second-order valence-corrected chi connectivity index (χ2v) is 10.9. The summed E-state index contributed by atoms with van der Waals surface area (Å²) in [5.74, 6) is -0.983. The van der Waals surface area contributed by atoms with Crippen molar-refractivity contribution in [1.82, 2.24) is 9.80 Å². The summed E-state index contributed by atoms with van der Waals surface area (Å²) in [5.41, 5.74) is 2.34. The van der Waals surface area contributed by atoms with Crippen molar-refractivity contribution < 1.29 is 14.4 Å². The first-order valence-corrected chi connectivity index (χ1v) is 15.1. The zero-order valence-electron chi connectivity index (χ0n) is 25.1. The van der Waals surface area contributed by atoms with E-state index in [0.29, 0.717) is 0 Å². The zero-order valence-corrected chi connectivity index (χ0v) is 25.1. The van der Waals surface area contributed by atoms with E-state index in [1.165, 1.54) is 9.80 Å². The van der Waals surface area contributed by atoms with Gasteiger partial charge in [0.05, 0.1) is 0 Å². The Kier molecular flexibility index (Phi) is 10.5. The van der Waals surface area contributed by atoms with Crippen LogP contribution in [-0.2, 0) is 9.59 Å². The van der Waals surface area contributed by atoms with Gasteiger partial charge in [-0.25, -0.2) is 4.79 Å². The number of nitrogens with zero attached hydrogens (tertiary/aromatic N) is 2. The molecular formula is C40H36N2O3. The number of urea groups is 1. The Labute approximate surface area is 265 Å². The molecule has 1 saturated heterocycles. The fraction of sp³-hybridized carbons (Fsp3) is 0.125. The number of allylic oxidation sites excluding steroid dienone is 2. The van der Waals surface area contributed by atoms with E-state index in [-0.39, 0.29) is 25.9 Å². The van der Waals surface area contributed by atoms with Gasteiger partial charge in [-0.05, 0) is 35.1 Å². The largest absolute Gasteiger partial charge is 0.334 e. The normalized spacial score (nSPS) is 15.3. The van der Waals surface area contributed by atoms with Crippen molar-refractivity contribution in [2.45, 2.75) is 12.8 Å². The second kappa shape index (κ2) is 15.3. The fourth-order valence-corrected chi connectivity index (χ4v) is 5.32. The number of amides is 4. The number of benzene rings is 4. The summed E-state index contributed by atoms with van der Waals surface area (Å²) in [6, 6.07) is 38.3. The molecule has 5 heteroatoms. The third-order valence-electron chi connectivity index (χ3n) is 7.72. The Morgan fingerprint density at radius 2 is 0.711 bits per heavy atom. The van der Waals surface area contributed by atoms with Crippen molar-refractivity contribution in [2.24, 2.45) is 5.41 Å². The van der Waals surface area contributed by atoms with Crippen LogP contribution in [0.3, 0.4) is 0 Å². The summed E-state index contributed by atoms with van der Waals surface area (Å²) in [6.07, 6.45) is 15.2. The minimum Gasteiger partial charge on any atom is -0.273 e. The first-order chi connectivity index (χ1) is 22.1. The molecule has 0 aliphatic carbocycles. The molecule has 45 heavy (non-hydrogen) atoms. The molecule has 0 radical (unpaired) electrons. The molecule has 1 aliphatic heterocycles. The van der Waals surface area contributed by atoms with Gasteiger partial charge in [-0.3, -0.25) is 19.4 Å². The molecule has 0 aromatic heterocycles. The molecule has 0 saturated carbocycles. The quantitative estimate of drug-likeness (QED) is 0.155. The van der Waals surface area contributed by atoms with Crippen molar-refractivity contribution in [3.05, 3.63) is 168 Å². The fourth-order valence-electron chi connectivity index (χ4n) is 5.32. The molecule has 4 amide bonds. The van der Waals surface area contributed by atoms with Crippen LogP contribution in [0, 0.1) is 5.41 Å². The van der Waals surface area contributed by atoms with Crippen molar-refractivity contribution in [1.29, 1.82) is 0 Å². The van der Waals surface area contributed by atoms with Crippen LogP contribution in [0.1, 0.15) is 35.1 Å². The zero-order chi connectivity index (χ0) is 31.3. The van der Waals surface area contributed by atoms with Gasteiger partial charge in [-0.1, -0.05) is 170 Å². The molecular weight excluding hydrogens is 556 g/mol. The van der Waals surface area contributed by atoms with Crippen LogP contribution < -0.4 is 0 Å². The maximum absolute atomic E-state index is 14.4. The van der Waals surface area contributed by atoms with E-state index in [9.17, 15) is 14.4 Å². The highest BCUT2D eigenvalue weighted by molar-refractivity contribution is 6.19. The second-order valence-electron chi connectivity index (χ2n) is 10.9. The van der Waals surface area contributed by atoms with Crippen LogP contribution in [0.5, 0.6) is 0 Å². The first-order valence-electron chi connectivity index (χ1n) is 15.1. The molecule has 224 valence electrons. The summed E-state index contributed by atoms with van der Waals surface area (Å²) >= 11 is 0. The lowest BCUT2D eigenvalue weighted by atomic mass is 9.76. The average molecular weight is 593 g/mol. The van der Waals surface area contributed by atoms with Gasteiger partial charge in [0.1, 0.15) is 5.41 Å². The molecule has 0 bridgehead atoms. The van der Waals surface area contributed by atoms with Gasteiger partial charge in [0.15, 0.2) is 0 Å². The van der Waals surface area contributed by atoms with Crippen LogP contribution in [-0.4, -0.2) is 40.7 Å². The van der Waals surface area contributed by atoms with Gasteiger partial charge in [0.25, 0.3) is 0 Å². The summed E-state index contributed by atoms with van der Waals surface area (Å²) in [4.78, 5) is 45.0. The van der Waals surface area contributed by atoms with Gasteiger partial charge in [-0.2, -0.15) is 0 Å². The molecule has 0 spiro atoms. The number of hydrogen-bond donors (Lipinski definition) is 0. The summed E-state index contributed by atoms with van der Waals surface area (Å²) in [7, 11) is 0. The minimum absolute atomic E-state index is 0.0469. The molecule has 0 atom stereocenters. The van der Waals surface area contributed by atoms with E-state index in [0.717, 1.165) is 22.3 Å². The molecule has 5 rings (SSSR count). The lowest BCUT2D eigenvalue weighted by Gasteiger charge is -2.43. The van der Waals surface area contributed by atoms with Crippen molar-refractivity contribution in [3.8, 4) is 0 Å². The summed E-state index contributed by atoms with van der Waals surface area (Å²) < 4.78 is 0. The highest BCUT2D eigenvalue weighted by Gasteiger charge is 2.55. The predicted molar refractivity (Wildman–Crippen MR) is 182 cm³/mol. The molecule has 0 unspecified atom stereocenters. The topological polar surface area (TPSA) is 57.7 Å².